The van der Waals surface area contributed by atoms with Crippen molar-refractivity contribution in [1.29, 1.82) is 0 Å². The normalized spacial score (nSPS) is 10.3. The molecule has 0 fully saturated rings. The van der Waals surface area contributed by atoms with E-state index in [-0.39, 0.29) is 5.69 Å². The highest BCUT2D eigenvalue weighted by atomic mass is 16.6. The van der Waals surface area contributed by atoms with Crippen LogP contribution in [-0.4, -0.2) is 28.0 Å². The van der Waals surface area contributed by atoms with Gasteiger partial charge < -0.3 is 4.90 Å². The number of hydrogen-bond donors (Lipinski definition) is 0. The van der Waals surface area contributed by atoms with Crippen molar-refractivity contribution >= 4 is 11.5 Å². The van der Waals surface area contributed by atoms with Crippen LogP contribution in [0.5, 0.6) is 0 Å². The smallest absolute Gasteiger partial charge is 0.269 e. The summed E-state index contributed by atoms with van der Waals surface area (Å²) in [6.45, 7) is 5.87. The fourth-order valence-corrected chi connectivity index (χ4v) is 1.98. The van der Waals surface area contributed by atoms with Crippen molar-refractivity contribution in [1.82, 2.24) is 9.97 Å². The minimum Gasteiger partial charge on any atom is -0.357 e. The van der Waals surface area contributed by atoms with Gasteiger partial charge >= 0.3 is 0 Å². The van der Waals surface area contributed by atoms with Gasteiger partial charge in [-0.1, -0.05) is 0 Å². The molecule has 0 aliphatic rings. The number of hydrogen-bond acceptors (Lipinski definition) is 5. The third kappa shape index (κ3) is 2.90. The van der Waals surface area contributed by atoms with Gasteiger partial charge in [-0.05, 0) is 26.0 Å². The maximum atomic E-state index is 10.6. The average molecular weight is 272 g/mol. The van der Waals surface area contributed by atoms with Gasteiger partial charge in [-0.25, -0.2) is 9.97 Å². The monoisotopic (exact) mass is 272 g/mol. The molecule has 104 valence electrons. The largest absolute Gasteiger partial charge is 0.357 e. The molecule has 0 aliphatic heterocycles. The molecule has 1 heterocycles. The quantitative estimate of drug-likeness (QED) is 0.618. The van der Waals surface area contributed by atoms with E-state index in [1.54, 1.807) is 12.1 Å². The Labute approximate surface area is 117 Å². The Hall–Kier alpha value is -2.50. The highest BCUT2D eigenvalue weighted by Gasteiger charge is 2.09. The molecule has 6 heteroatoms. The summed E-state index contributed by atoms with van der Waals surface area (Å²) in [4.78, 5) is 20.8. The summed E-state index contributed by atoms with van der Waals surface area (Å²) in [5.41, 5.74) is 1.68. The molecule has 0 spiro atoms. The lowest BCUT2D eigenvalue weighted by atomic mass is 10.1. The predicted molar refractivity (Wildman–Crippen MR) is 77.7 cm³/mol. The van der Waals surface area contributed by atoms with Crippen LogP contribution >= 0.6 is 0 Å². The summed E-state index contributed by atoms with van der Waals surface area (Å²) in [5.74, 6) is 0.860. The van der Waals surface area contributed by atoms with E-state index in [0.29, 0.717) is 0 Å². The topological polar surface area (TPSA) is 72.2 Å². The van der Waals surface area contributed by atoms with E-state index in [1.165, 1.54) is 18.5 Å². The molecule has 1 aromatic carbocycles. The number of aromatic nitrogens is 2. The van der Waals surface area contributed by atoms with Crippen LogP contribution in [0.15, 0.2) is 36.7 Å². The van der Waals surface area contributed by atoms with Gasteiger partial charge in [0.25, 0.3) is 5.69 Å². The van der Waals surface area contributed by atoms with Crippen LogP contribution in [0.2, 0.25) is 0 Å². The van der Waals surface area contributed by atoms with E-state index in [1.807, 2.05) is 6.07 Å². The highest BCUT2D eigenvalue weighted by molar-refractivity contribution is 5.63. The van der Waals surface area contributed by atoms with Crippen LogP contribution in [0.4, 0.5) is 11.5 Å². The molecule has 0 saturated heterocycles. The zero-order chi connectivity index (χ0) is 14.5. The molecule has 6 nitrogen and oxygen atoms in total. The fourth-order valence-electron chi connectivity index (χ4n) is 1.98. The fraction of sp³-hybridized carbons (Fsp3) is 0.286. The van der Waals surface area contributed by atoms with Gasteiger partial charge in [-0.3, -0.25) is 10.1 Å². The van der Waals surface area contributed by atoms with Crippen molar-refractivity contribution in [2.24, 2.45) is 0 Å². The maximum absolute atomic E-state index is 10.6. The molecule has 0 atom stereocenters. The lowest BCUT2D eigenvalue weighted by Gasteiger charge is -2.19. The molecule has 0 unspecified atom stereocenters. The van der Waals surface area contributed by atoms with Gasteiger partial charge in [0, 0.05) is 36.9 Å². The molecule has 0 aliphatic carbocycles. The van der Waals surface area contributed by atoms with Crippen LogP contribution < -0.4 is 4.90 Å². The molecule has 2 aromatic rings. The second kappa shape index (κ2) is 6.10. The van der Waals surface area contributed by atoms with Gasteiger partial charge in [0.1, 0.15) is 12.1 Å². The van der Waals surface area contributed by atoms with Crippen molar-refractivity contribution < 1.29 is 4.92 Å². The van der Waals surface area contributed by atoms with Crippen LogP contribution in [0.25, 0.3) is 11.3 Å². The van der Waals surface area contributed by atoms with Crippen LogP contribution in [-0.2, 0) is 0 Å². The Morgan fingerprint density at radius 2 is 1.80 bits per heavy atom. The summed E-state index contributed by atoms with van der Waals surface area (Å²) >= 11 is 0. The molecule has 2 rings (SSSR count). The molecule has 0 bridgehead atoms. The summed E-state index contributed by atoms with van der Waals surface area (Å²) in [6, 6.07) is 8.26. The Balaban J connectivity index is 2.33. The van der Waals surface area contributed by atoms with Gasteiger partial charge in [-0.15, -0.1) is 0 Å². The Morgan fingerprint density at radius 1 is 1.15 bits per heavy atom. The first-order valence-corrected chi connectivity index (χ1v) is 6.47. The molecule has 0 amide bonds. The van der Waals surface area contributed by atoms with Gasteiger partial charge in [0.15, 0.2) is 0 Å². The minimum atomic E-state index is -0.412. The van der Waals surface area contributed by atoms with Crippen LogP contribution in [0.1, 0.15) is 13.8 Å². The van der Waals surface area contributed by atoms with E-state index >= 15 is 0 Å². The SMILES string of the molecule is CCN(CC)c1cc(-c2ccc([N+](=O)[O-])cc2)ncn1. The summed E-state index contributed by atoms with van der Waals surface area (Å²) in [6.07, 6.45) is 1.52. The van der Waals surface area contributed by atoms with Crippen molar-refractivity contribution in [3.8, 4) is 11.3 Å². The first-order valence-electron chi connectivity index (χ1n) is 6.47. The summed E-state index contributed by atoms with van der Waals surface area (Å²) in [7, 11) is 0. The molecule has 20 heavy (non-hydrogen) atoms. The average Bonchev–Trinajstić information content (AvgIpc) is 2.49. The van der Waals surface area contributed by atoms with Crippen molar-refractivity contribution in [3.05, 3.63) is 46.8 Å². The van der Waals surface area contributed by atoms with Crippen molar-refractivity contribution in [3.63, 3.8) is 0 Å². The van der Waals surface area contributed by atoms with Gasteiger partial charge in [-0.2, -0.15) is 0 Å². The Bertz CT molecular complexity index is 594. The first kappa shape index (κ1) is 13.9. The lowest BCUT2D eigenvalue weighted by molar-refractivity contribution is -0.384. The molecule has 0 radical (unpaired) electrons. The number of non-ortho nitro benzene ring substituents is 1. The predicted octanol–water partition coefficient (Wildman–Crippen LogP) is 2.90. The Kier molecular flexibility index (Phi) is 4.24. The maximum Gasteiger partial charge on any atom is 0.269 e. The summed E-state index contributed by atoms with van der Waals surface area (Å²) < 4.78 is 0. The summed E-state index contributed by atoms with van der Waals surface area (Å²) in [5, 5.41) is 10.6. The molecule has 1 aromatic heterocycles. The Morgan fingerprint density at radius 3 is 2.35 bits per heavy atom. The first-order chi connectivity index (χ1) is 9.65. The number of nitro groups is 1. The number of anilines is 1. The van der Waals surface area contributed by atoms with Crippen molar-refractivity contribution in [2.75, 3.05) is 18.0 Å². The van der Waals surface area contributed by atoms with Crippen LogP contribution in [0, 0.1) is 10.1 Å². The van der Waals surface area contributed by atoms with E-state index in [2.05, 4.69) is 28.7 Å². The van der Waals surface area contributed by atoms with Gasteiger partial charge in [0.2, 0.25) is 0 Å². The third-order valence-corrected chi connectivity index (χ3v) is 3.11. The standard InChI is InChI=1S/C14H16N4O2/c1-3-17(4-2)14-9-13(15-10-16-14)11-5-7-12(8-6-11)18(19)20/h5-10H,3-4H2,1-2H3. The lowest BCUT2D eigenvalue weighted by Crippen LogP contribution is -2.22. The molecule has 0 N–H and O–H groups in total. The zero-order valence-electron chi connectivity index (χ0n) is 11.5. The van der Waals surface area contributed by atoms with E-state index in [4.69, 9.17) is 0 Å². The van der Waals surface area contributed by atoms with Crippen molar-refractivity contribution in [2.45, 2.75) is 13.8 Å². The minimum absolute atomic E-state index is 0.0757. The van der Waals surface area contributed by atoms with E-state index in [0.717, 1.165) is 30.2 Å². The number of nitro benzene ring substituents is 1. The molecule has 0 saturated carbocycles. The van der Waals surface area contributed by atoms with E-state index in [9.17, 15) is 10.1 Å². The molecular weight excluding hydrogens is 256 g/mol. The number of benzene rings is 1. The third-order valence-electron chi connectivity index (χ3n) is 3.11. The highest BCUT2D eigenvalue weighted by Crippen LogP contribution is 2.23. The van der Waals surface area contributed by atoms with E-state index < -0.39 is 4.92 Å². The number of rotatable bonds is 5. The number of nitrogens with zero attached hydrogens (tertiary/aromatic N) is 4. The second-order valence-electron chi connectivity index (χ2n) is 4.24. The zero-order valence-corrected chi connectivity index (χ0v) is 11.5. The molecular formula is C14H16N4O2. The van der Waals surface area contributed by atoms with Gasteiger partial charge in [0.05, 0.1) is 10.6 Å². The van der Waals surface area contributed by atoms with Crippen LogP contribution in [0.3, 0.4) is 0 Å². The second-order valence-corrected chi connectivity index (χ2v) is 4.24.